The van der Waals surface area contributed by atoms with E-state index in [1.165, 1.54) is 6.42 Å². The van der Waals surface area contributed by atoms with Crippen LogP contribution in [0.4, 0.5) is 0 Å². The zero-order valence-corrected chi connectivity index (χ0v) is 17.8. The molecule has 6 nitrogen and oxygen atoms in total. The van der Waals surface area contributed by atoms with Crippen molar-refractivity contribution in [3.63, 3.8) is 0 Å². The average Bonchev–Trinajstić information content (AvgIpc) is 2.41. The van der Waals surface area contributed by atoms with Crippen LogP contribution >= 0.6 is 24.0 Å². The number of hydrogen-bond donors (Lipinski definition) is 2. The van der Waals surface area contributed by atoms with Gasteiger partial charge >= 0.3 is 0 Å². The van der Waals surface area contributed by atoms with Crippen LogP contribution in [0.1, 0.15) is 46.0 Å². The Balaban J connectivity index is 0.00000484. The van der Waals surface area contributed by atoms with Crippen LogP contribution < -0.4 is 10.0 Å². The maximum Gasteiger partial charge on any atom is 0.213 e. The molecule has 0 atom stereocenters. The lowest BCUT2D eigenvalue weighted by atomic mass is 9.86. The fraction of sp³-hybridized carbons (Fsp3) is 0.933. The number of rotatable bonds is 10. The molecule has 0 bridgehead atoms. The Kier molecular flexibility index (Phi) is 12.2. The van der Waals surface area contributed by atoms with Crippen molar-refractivity contribution in [2.45, 2.75) is 46.0 Å². The predicted octanol–water partition coefficient (Wildman–Crippen LogP) is 2.02. The van der Waals surface area contributed by atoms with Gasteiger partial charge in [0.2, 0.25) is 10.0 Å². The molecule has 2 N–H and O–H groups in total. The van der Waals surface area contributed by atoms with Gasteiger partial charge in [0.25, 0.3) is 0 Å². The van der Waals surface area contributed by atoms with E-state index < -0.39 is 10.0 Å². The number of unbranched alkanes of at least 4 members (excludes halogenated alkanes) is 1. The van der Waals surface area contributed by atoms with E-state index in [-0.39, 0.29) is 29.7 Å². The Hall–Kier alpha value is -0.0900. The summed E-state index contributed by atoms with van der Waals surface area (Å²) in [7, 11) is -1.22. The Morgan fingerprint density at radius 2 is 2.00 bits per heavy atom. The van der Waals surface area contributed by atoms with Crippen molar-refractivity contribution in [3.05, 3.63) is 0 Å². The minimum Gasteiger partial charge on any atom is -0.357 e. The maximum absolute atomic E-state index is 11.9. The second-order valence-corrected chi connectivity index (χ2v) is 7.90. The van der Waals surface area contributed by atoms with Gasteiger partial charge in [0.1, 0.15) is 0 Å². The molecule has 1 aliphatic carbocycles. The molecule has 0 unspecified atom stereocenters. The first-order chi connectivity index (χ1) is 10.5. The van der Waals surface area contributed by atoms with E-state index >= 15 is 0 Å². The summed E-state index contributed by atoms with van der Waals surface area (Å²) < 4.78 is 26.6. The average molecular weight is 460 g/mol. The van der Waals surface area contributed by atoms with Crippen LogP contribution in [-0.4, -0.2) is 58.3 Å². The smallest absolute Gasteiger partial charge is 0.213 e. The molecule has 0 aliphatic heterocycles. The lowest BCUT2D eigenvalue weighted by molar-refractivity contribution is 0.316. The summed E-state index contributed by atoms with van der Waals surface area (Å²) in [5, 5.41) is 3.21. The van der Waals surface area contributed by atoms with Crippen LogP contribution in [0.5, 0.6) is 0 Å². The molecular weight excluding hydrogens is 427 g/mol. The van der Waals surface area contributed by atoms with E-state index in [9.17, 15) is 8.42 Å². The Morgan fingerprint density at radius 1 is 1.30 bits per heavy atom. The van der Waals surface area contributed by atoms with E-state index in [1.54, 1.807) is 0 Å². The molecule has 0 spiro atoms. The minimum atomic E-state index is -3.21. The van der Waals surface area contributed by atoms with Gasteiger partial charge in [-0.25, -0.2) is 13.1 Å². The zero-order valence-electron chi connectivity index (χ0n) is 14.7. The van der Waals surface area contributed by atoms with Gasteiger partial charge in [-0.15, -0.1) is 24.0 Å². The fourth-order valence-corrected chi connectivity index (χ4v) is 3.22. The van der Waals surface area contributed by atoms with Gasteiger partial charge in [-0.3, -0.25) is 4.99 Å². The third-order valence-corrected chi connectivity index (χ3v) is 5.31. The topological polar surface area (TPSA) is 73.8 Å². The number of hydrogen-bond acceptors (Lipinski definition) is 3. The van der Waals surface area contributed by atoms with Crippen LogP contribution in [0.25, 0.3) is 0 Å². The van der Waals surface area contributed by atoms with Gasteiger partial charge in [-0.05, 0) is 32.1 Å². The number of sulfonamides is 1. The third kappa shape index (κ3) is 9.71. The van der Waals surface area contributed by atoms with Gasteiger partial charge in [-0.1, -0.05) is 19.8 Å². The van der Waals surface area contributed by atoms with Crippen LogP contribution in [-0.2, 0) is 10.0 Å². The molecule has 0 aromatic heterocycles. The van der Waals surface area contributed by atoms with Crippen molar-refractivity contribution >= 4 is 40.0 Å². The van der Waals surface area contributed by atoms with E-state index in [0.29, 0.717) is 19.0 Å². The molecule has 23 heavy (non-hydrogen) atoms. The highest BCUT2D eigenvalue weighted by Gasteiger charge is 2.20. The molecule has 1 aliphatic rings. The Bertz CT molecular complexity index is 439. The molecule has 0 aromatic rings. The summed E-state index contributed by atoms with van der Waals surface area (Å²) in [5.74, 6) is 1.37. The van der Waals surface area contributed by atoms with Gasteiger partial charge in [-0.2, -0.15) is 0 Å². The standard InChI is InChI=1S/C15H32N4O2S.HI/c1-4-6-11-19(3)15(16-5-2)17-10-12-22(20,21)18-13-14-8-7-9-14;/h14,18H,4-13H2,1-3H3,(H,16,17);1H. The monoisotopic (exact) mass is 460 g/mol. The number of guanidine groups is 1. The molecule has 0 radical (unpaired) electrons. The highest BCUT2D eigenvalue weighted by Crippen LogP contribution is 2.25. The summed E-state index contributed by atoms with van der Waals surface area (Å²) in [6.07, 6.45) is 5.75. The van der Waals surface area contributed by atoms with E-state index in [4.69, 9.17) is 0 Å². The Labute approximate surface area is 159 Å². The van der Waals surface area contributed by atoms with Crippen molar-refractivity contribution in [1.29, 1.82) is 0 Å². The van der Waals surface area contributed by atoms with Crippen molar-refractivity contribution < 1.29 is 8.42 Å². The highest BCUT2D eigenvalue weighted by atomic mass is 127. The summed E-state index contributed by atoms with van der Waals surface area (Å²) in [4.78, 5) is 6.48. The largest absolute Gasteiger partial charge is 0.357 e. The van der Waals surface area contributed by atoms with Crippen molar-refractivity contribution in [2.24, 2.45) is 10.9 Å². The number of aliphatic imine (C=N–C) groups is 1. The third-order valence-electron chi connectivity index (χ3n) is 3.98. The summed E-state index contributed by atoms with van der Waals surface area (Å²) in [5.41, 5.74) is 0. The molecule has 0 aromatic carbocycles. The lowest BCUT2D eigenvalue weighted by Crippen LogP contribution is -2.40. The van der Waals surface area contributed by atoms with Crippen molar-refractivity contribution in [2.75, 3.05) is 39.0 Å². The lowest BCUT2D eigenvalue weighted by Gasteiger charge is -2.25. The quantitative estimate of drug-likeness (QED) is 0.297. The molecule has 138 valence electrons. The van der Waals surface area contributed by atoms with E-state index in [0.717, 1.165) is 44.7 Å². The maximum atomic E-state index is 11.9. The molecule has 1 rings (SSSR count). The zero-order chi connectivity index (χ0) is 16.4. The fourth-order valence-electron chi connectivity index (χ4n) is 2.26. The van der Waals surface area contributed by atoms with Crippen LogP contribution in [0.3, 0.4) is 0 Å². The normalized spacial score (nSPS) is 15.7. The minimum absolute atomic E-state index is 0. The SMILES string of the molecule is CCCCN(C)C(=NCCS(=O)(=O)NCC1CCC1)NCC.I. The number of halogens is 1. The summed E-state index contributed by atoms with van der Waals surface area (Å²) in [6.45, 7) is 6.75. The highest BCUT2D eigenvalue weighted by molar-refractivity contribution is 14.0. The van der Waals surface area contributed by atoms with Crippen LogP contribution in [0.2, 0.25) is 0 Å². The molecule has 1 fully saturated rings. The Morgan fingerprint density at radius 3 is 2.52 bits per heavy atom. The predicted molar refractivity (Wildman–Crippen MR) is 108 cm³/mol. The summed E-state index contributed by atoms with van der Waals surface area (Å²) in [6, 6.07) is 0. The van der Waals surface area contributed by atoms with Crippen molar-refractivity contribution in [1.82, 2.24) is 14.9 Å². The molecule has 0 heterocycles. The first kappa shape index (κ1) is 22.9. The van der Waals surface area contributed by atoms with Gasteiger partial charge in [0.05, 0.1) is 12.3 Å². The van der Waals surface area contributed by atoms with Crippen LogP contribution in [0.15, 0.2) is 4.99 Å². The summed E-state index contributed by atoms with van der Waals surface area (Å²) >= 11 is 0. The van der Waals surface area contributed by atoms with Gasteiger partial charge < -0.3 is 10.2 Å². The van der Waals surface area contributed by atoms with Gasteiger partial charge in [0, 0.05) is 26.7 Å². The molecule has 8 heteroatoms. The number of nitrogens with zero attached hydrogens (tertiary/aromatic N) is 2. The first-order valence-corrected chi connectivity index (χ1v) is 10.1. The van der Waals surface area contributed by atoms with Crippen LogP contribution in [0, 0.1) is 5.92 Å². The second-order valence-electron chi connectivity index (χ2n) is 5.98. The molecular formula is C15H33IN4O2S. The first-order valence-electron chi connectivity index (χ1n) is 8.45. The van der Waals surface area contributed by atoms with E-state index in [2.05, 4.69) is 26.9 Å². The second kappa shape index (κ2) is 12.3. The molecule has 1 saturated carbocycles. The van der Waals surface area contributed by atoms with Gasteiger partial charge in [0.15, 0.2) is 5.96 Å². The van der Waals surface area contributed by atoms with E-state index in [1.807, 2.05) is 14.0 Å². The number of nitrogens with one attached hydrogen (secondary N) is 2. The molecule has 0 amide bonds. The molecule has 0 saturated heterocycles. The van der Waals surface area contributed by atoms with Crippen molar-refractivity contribution in [3.8, 4) is 0 Å².